The normalized spacial score (nSPS) is 19.8. The number of fused-ring (bicyclic) bond motifs is 1. The van der Waals surface area contributed by atoms with E-state index in [9.17, 15) is 8.42 Å². The van der Waals surface area contributed by atoms with Gasteiger partial charge in [0, 0.05) is 30.0 Å². The van der Waals surface area contributed by atoms with E-state index in [-0.39, 0.29) is 29.4 Å². The first-order valence-electron chi connectivity index (χ1n) is 9.31. The summed E-state index contributed by atoms with van der Waals surface area (Å²) in [4.78, 5) is 8.61. The van der Waals surface area contributed by atoms with Gasteiger partial charge in [0.15, 0.2) is 11.5 Å². The van der Waals surface area contributed by atoms with Crippen molar-refractivity contribution in [2.45, 2.75) is 49.6 Å². The Morgan fingerprint density at radius 3 is 2.62 bits per heavy atom. The summed E-state index contributed by atoms with van der Waals surface area (Å²) in [5.41, 5.74) is 14.8. The first kappa shape index (κ1) is 21.5. The summed E-state index contributed by atoms with van der Waals surface area (Å²) in [6.07, 6.45) is 8.24. The highest BCUT2D eigenvalue weighted by atomic mass is 35.5. The van der Waals surface area contributed by atoms with Gasteiger partial charge in [-0.25, -0.2) is 23.1 Å². The molecule has 5 N–H and O–H groups in total. The number of hydrogen-bond donors (Lipinski definition) is 3. The maximum atomic E-state index is 12.9. The summed E-state index contributed by atoms with van der Waals surface area (Å²) in [6.45, 7) is 1.94. The molecule has 0 spiro atoms. The lowest BCUT2D eigenvalue weighted by Crippen LogP contribution is -2.40. The highest BCUT2D eigenvalue weighted by molar-refractivity contribution is 7.89. The number of hydrogen-bond acceptors (Lipinski definition) is 6. The topological polar surface area (TPSA) is 128 Å². The van der Waals surface area contributed by atoms with Crippen molar-refractivity contribution in [1.29, 1.82) is 0 Å². The molecule has 1 saturated carbocycles. The van der Waals surface area contributed by atoms with Crippen molar-refractivity contribution >= 4 is 33.9 Å². The molecule has 29 heavy (non-hydrogen) atoms. The average molecular weight is 437 g/mol. The number of aromatic nitrogens is 3. The summed E-state index contributed by atoms with van der Waals surface area (Å²) in [7, 11) is -3.63. The van der Waals surface area contributed by atoms with Crippen LogP contribution in [0.15, 0.2) is 41.7 Å². The highest BCUT2D eigenvalue weighted by Crippen LogP contribution is 2.28. The fourth-order valence-electron chi connectivity index (χ4n) is 3.71. The van der Waals surface area contributed by atoms with Gasteiger partial charge in [0.25, 0.3) is 0 Å². The number of nitrogens with zero attached hydrogens (tertiary/aromatic N) is 3. The van der Waals surface area contributed by atoms with Crippen LogP contribution in [0.2, 0.25) is 0 Å². The van der Waals surface area contributed by atoms with Crippen LogP contribution in [0.25, 0.3) is 16.9 Å². The lowest BCUT2D eigenvalue weighted by Gasteiger charge is -2.26. The van der Waals surface area contributed by atoms with Crippen LogP contribution in [0.3, 0.4) is 0 Å². The number of rotatable bonds is 4. The summed E-state index contributed by atoms with van der Waals surface area (Å²) < 4.78 is 30.5. The van der Waals surface area contributed by atoms with Crippen LogP contribution in [-0.2, 0) is 10.0 Å². The zero-order chi connectivity index (χ0) is 19.9. The minimum absolute atomic E-state index is 0. The summed E-state index contributed by atoms with van der Waals surface area (Å²) in [6, 6.07) is 5.23. The molecule has 0 unspecified atom stereocenters. The van der Waals surface area contributed by atoms with Crippen molar-refractivity contribution in [2.24, 2.45) is 5.73 Å². The molecule has 0 bridgehead atoms. The molecule has 10 heteroatoms. The van der Waals surface area contributed by atoms with Gasteiger partial charge in [-0.3, -0.25) is 4.40 Å². The number of sulfonamides is 1. The van der Waals surface area contributed by atoms with Gasteiger partial charge in [-0.15, -0.1) is 12.4 Å². The van der Waals surface area contributed by atoms with Gasteiger partial charge in [0.1, 0.15) is 0 Å². The molecule has 0 aliphatic heterocycles. The minimum atomic E-state index is -3.63. The number of halogens is 1. The molecular weight excluding hydrogens is 412 g/mol. The van der Waals surface area contributed by atoms with Crippen molar-refractivity contribution in [2.75, 3.05) is 5.73 Å². The van der Waals surface area contributed by atoms with Crippen molar-refractivity contribution in [3.63, 3.8) is 0 Å². The molecule has 156 valence electrons. The SMILES string of the molecule is Cc1ccc(S(=O)(=O)NC2CCC(N)CC2)cc1-c1cnc2c(N)nccn12.Cl. The molecule has 4 rings (SSSR count). The highest BCUT2D eigenvalue weighted by Gasteiger charge is 2.25. The smallest absolute Gasteiger partial charge is 0.240 e. The van der Waals surface area contributed by atoms with Gasteiger partial charge < -0.3 is 11.5 Å². The van der Waals surface area contributed by atoms with Gasteiger partial charge in [-0.2, -0.15) is 0 Å². The molecule has 0 amide bonds. The van der Waals surface area contributed by atoms with Gasteiger partial charge >= 0.3 is 0 Å². The summed E-state index contributed by atoms with van der Waals surface area (Å²) in [5, 5.41) is 0. The quantitative estimate of drug-likeness (QED) is 0.575. The van der Waals surface area contributed by atoms with Crippen LogP contribution in [0.4, 0.5) is 5.82 Å². The second-order valence-electron chi connectivity index (χ2n) is 7.36. The number of nitrogen functional groups attached to an aromatic ring is 1. The van der Waals surface area contributed by atoms with Crippen LogP contribution >= 0.6 is 12.4 Å². The number of benzene rings is 1. The lowest BCUT2D eigenvalue weighted by atomic mass is 9.93. The van der Waals surface area contributed by atoms with Crippen LogP contribution in [0.5, 0.6) is 0 Å². The Morgan fingerprint density at radius 1 is 1.17 bits per heavy atom. The van der Waals surface area contributed by atoms with Crippen molar-refractivity contribution in [3.8, 4) is 11.3 Å². The Morgan fingerprint density at radius 2 is 1.90 bits per heavy atom. The first-order valence-corrected chi connectivity index (χ1v) is 10.8. The molecule has 1 aliphatic carbocycles. The van der Waals surface area contributed by atoms with E-state index in [4.69, 9.17) is 11.5 Å². The van der Waals surface area contributed by atoms with Crippen LogP contribution in [0.1, 0.15) is 31.2 Å². The third-order valence-electron chi connectivity index (χ3n) is 5.34. The predicted octanol–water partition coefficient (Wildman–Crippen LogP) is 2.26. The monoisotopic (exact) mass is 436 g/mol. The molecule has 2 heterocycles. The van der Waals surface area contributed by atoms with Gasteiger partial charge in [0.2, 0.25) is 10.0 Å². The molecule has 0 saturated heterocycles. The Hall–Kier alpha value is -2.20. The fourth-order valence-corrected chi connectivity index (χ4v) is 5.04. The number of anilines is 1. The van der Waals surface area contributed by atoms with Crippen molar-refractivity contribution in [1.82, 2.24) is 19.1 Å². The zero-order valence-electron chi connectivity index (χ0n) is 16.1. The number of nitrogens with two attached hydrogens (primary N) is 2. The van der Waals surface area contributed by atoms with Crippen molar-refractivity contribution < 1.29 is 8.42 Å². The molecule has 1 aromatic carbocycles. The first-order chi connectivity index (χ1) is 13.3. The molecule has 8 nitrogen and oxygen atoms in total. The Bertz CT molecular complexity index is 1120. The molecule has 2 aromatic heterocycles. The van der Waals surface area contributed by atoms with E-state index in [1.54, 1.807) is 30.7 Å². The Balaban J connectivity index is 0.00000240. The fraction of sp³-hybridized carbons (Fsp3) is 0.368. The predicted molar refractivity (Wildman–Crippen MR) is 115 cm³/mol. The largest absolute Gasteiger partial charge is 0.381 e. The molecular formula is C19H25ClN6O2S. The minimum Gasteiger partial charge on any atom is -0.381 e. The number of aryl methyl sites for hydroxylation is 1. The number of imidazole rings is 1. The van der Waals surface area contributed by atoms with Crippen molar-refractivity contribution in [3.05, 3.63) is 42.4 Å². The van der Waals surface area contributed by atoms with E-state index in [0.29, 0.717) is 11.5 Å². The molecule has 3 aromatic rings. The van der Waals surface area contributed by atoms with E-state index in [1.807, 2.05) is 17.4 Å². The zero-order valence-corrected chi connectivity index (χ0v) is 17.7. The third-order valence-corrected chi connectivity index (χ3v) is 6.86. The van der Waals surface area contributed by atoms with Crippen LogP contribution in [0, 0.1) is 6.92 Å². The van der Waals surface area contributed by atoms with E-state index in [2.05, 4.69) is 14.7 Å². The van der Waals surface area contributed by atoms with E-state index < -0.39 is 10.0 Å². The second kappa shape index (κ2) is 8.27. The van der Waals surface area contributed by atoms with E-state index in [1.165, 1.54) is 0 Å². The molecule has 0 atom stereocenters. The Labute approximate surface area is 176 Å². The van der Waals surface area contributed by atoms with Gasteiger partial charge in [-0.1, -0.05) is 6.07 Å². The Kier molecular flexibility index (Phi) is 6.13. The second-order valence-corrected chi connectivity index (χ2v) is 9.07. The maximum Gasteiger partial charge on any atom is 0.240 e. The van der Waals surface area contributed by atoms with Gasteiger partial charge in [-0.05, 0) is 50.3 Å². The third kappa shape index (κ3) is 4.23. The lowest BCUT2D eigenvalue weighted by molar-refractivity contribution is 0.373. The van der Waals surface area contributed by atoms with Crippen LogP contribution < -0.4 is 16.2 Å². The average Bonchev–Trinajstić information content (AvgIpc) is 3.09. The summed E-state index contributed by atoms with van der Waals surface area (Å²) >= 11 is 0. The number of nitrogens with one attached hydrogen (secondary N) is 1. The van der Waals surface area contributed by atoms with Crippen LogP contribution in [-0.4, -0.2) is 34.9 Å². The molecule has 1 fully saturated rings. The molecule has 0 radical (unpaired) electrons. The van der Waals surface area contributed by atoms with E-state index >= 15 is 0 Å². The maximum absolute atomic E-state index is 12.9. The van der Waals surface area contributed by atoms with Gasteiger partial charge in [0.05, 0.1) is 16.8 Å². The molecule has 1 aliphatic rings. The standard InChI is InChI=1S/C19H24N6O2S.ClH/c1-12-2-7-15(28(26,27)24-14-5-3-13(20)4-6-14)10-16(12)17-11-23-19-18(21)22-8-9-25(17)19;/h2,7-11,13-14,24H,3-6,20H2,1H3,(H2,21,22);1H. The summed E-state index contributed by atoms with van der Waals surface area (Å²) in [5.74, 6) is 0.326. The van der Waals surface area contributed by atoms with E-state index in [0.717, 1.165) is 42.5 Å².